The molecular weight excluding hydrogens is 877 g/mol. The molecule has 0 amide bonds. The minimum absolute atomic E-state index is 0.0710. The molecule has 1 unspecified atom stereocenters. The molecule has 6 nitrogen and oxygen atoms in total. The van der Waals surface area contributed by atoms with Crippen LogP contribution in [-0.2, 0) is 28.6 Å². The average molecular weight is 1000 g/mol. The van der Waals surface area contributed by atoms with Crippen molar-refractivity contribution in [2.75, 3.05) is 13.2 Å². The van der Waals surface area contributed by atoms with Crippen molar-refractivity contribution >= 4 is 17.9 Å². The van der Waals surface area contributed by atoms with Crippen LogP contribution in [0.3, 0.4) is 0 Å². The zero-order chi connectivity index (χ0) is 51.4. The van der Waals surface area contributed by atoms with Gasteiger partial charge >= 0.3 is 17.9 Å². The van der Waals surface area contributed by atoms with E-state index in [2.05, 4.69) is 45.1 Å². The fraction of sp³-hybridized carbons (Fsp3) is 0.892. The molecule has 0 bridgehead atoms. The van der Waals surface area contributed by atoms with Crippen molar-refractivity contribution in [3.63, 3.8) is 0 Å². The third-order valence-electron chi connectivity index (χ3n) is 14.4. The van der Waals surface area contributed by atoms with Crippen LogP contribution < -0.4 is 0 Å². The normalized spacial score (nSPS) is 12.1. The van der Waals surface area contributed by atoms with Gasteiger partial charge in [0.2, 0.25) is 0 Å². The second-order valence-corrected chi connectivity index (χ2v) is 21.7. The molecule has 0 aromatic heterocycles. The van der Waals surface area contributed by atoms with Crippen molar-refractivity contribution in [3.8, 4) is 0 Å². The summed E-state index contributed by atoms with van der Waals surface area (Å²) in [5.74, 6) is -0.862. The average Bonchev–Trinajstić information content (AvgIpc) is 3.37. The molecule has 0 aromatic carbocycles. The Morgan fingerprint density at radius 2 is 0.479 bits per heavy atom. The van der Waals surface area contributed by atoms with Gasteiger partial charge in [-0.2, -0.15) is 0 Å². The highest BCUT2D eigenvalue weighted by atomic mass is 16.6. The summed E-state index contributed by atoms with van der Waals surface area (Å²) in [6.45, 7) is 6.65. The predicted molar refractivity (Wildman–Crippen MR) is 307 cm³/mol. The first-order valence-corrected chi connectivity index (χ1v) is 31.8. The van der Waals surface area contributed by atoms with Crippen LogP contribution in [0.2, 0.25) is 0 Å². The molecular formula is C65H122O6. The summed E-state index contributed by atoms with van der Waals surface area (Å²) in [4.78, 5) is 38.2. The summed E-state index contributed by atoms with van der Waals surface area (Å²) in [6.07, 6.45) is 71.9. The number of rotatable bonds is 59. The highest BCUT2D eigenvalue weighted by Crippen LogP contribution is 2.18. The Hall–Kier alpha value is -2.11. The van der Waals surface area contributed by atoms with Gasteiger partial charge in [-0.3, -0.25) is 14.4 Å². The van der Waals surface area contributed by atoms with E-state index in [9.17, 15) is 14.4 Å². The molecule has 71 heavy (non-hydrogen) atoms. The third-order valence-corrected chi connectivity index (χ3v) is 14.4. The highest BCUT2D eigenvalue weighted by molar-refractivity contribution is 5.71. The molecule has 0 aliphatic carbocycles. The number of esters is 3. The molecule has 0 aliphatic rings. The molecule has 0 radical (unpaired) electrons. The molecule has 0 fully saturated rings. The molecule has 0 N–H and O–H groups in total. The molecule has 0 aromatic rings. The number of unbranched alkanes of at least 4 members (excludes halogenated alkanes) is 44. The first-order chi connectivity index (χ1) is 35.0. The first-order valence-electron chi connectivity index (χ1n) is 31.8. The Morgan fingerprint density at radius 1 is 0.268 bits per heavy atom. The third kappa shape index (κ3) is 58.7. The van der Waals surface area contributed by atoms with Crippen LogP contribution >= 0.6 is 0 Å². The molecule has 1 atom stereocenters. The van der Waals surface area contributed by atoms with E-state index in [0.29, 0.717) is 19.3 Å². The number of carbonyl (C=O) groups is 3. The largest absolute Gasteiger partial charge is 0.462 e. The molecule has 0 aliphatic heterocycles. The predicted octanol–water partition coefficient (Wildman–Crippen LogP) is 21.4. The van der Waals surface area contributed by atoms with Crippen LogP contribution in [0.15, 0.2) is 24.3 Å². The maximum atomic E-state index is 12.9. The number of ether oxygens (including phenoxy) is 3. The van der Waals surface area contributed by atoms with Crippen molar-refractivity contribution in [1.29, 1.82) is 0 Å². The lowest BCUT2D eigenvalue weighted by Crippen LogP contribution is -2.30. The van der Waals surface area contributed by atoms with E-state index in [4.69, 9.17) is 14.2 Å². The van der Waals surface area contributed by atoms with Gasteiger partial charge in [0.25, 0.3) is 0 Å². The Morgan fingerprint density at radius 3 is 0.746 bits per heavy atom. The van der Waals surface area contributed by atoms with Crippen molar-refractivity contribution in [2.24, 2.45) is 0 Å². The van der Waals surface area contributed by atoms with E-state index < -0.39 is 6.10 Å². The van der Waals surface area contributed by atoms with E-state index >= 15 is 0 Å². The molecule has 0 spiro atoms. The molecule has 418 valence electrons. The maximum Gasteiger partial charge on any atom is 0.306 e. The number of hydrogen-bond donors (Lipinski definition) is 0. The van der Waals surface area contributed by atoms with Crippen molar-refractivity contribution in [1.82, 2.24) is 0 Å². The smallest absolute Gasteiger partial charge is 0.306 e. The number of hydrogen-bond acceptors (Lipinski definition) is 6. The van der Waals surface area contributed by atoms with E-state index in [1.54, 1.807) is 0 Å². The Bertz CT molecular complexity index is 1150. The fourth-order valence-electron chi connectivity index (χ4n) is 9.60. The monoisotopic (exact) mass is 999 g/mol. The number of allylic oxidation sites excluding steroid dienone is 4. The van der Waals surface area contributed by atoms with Gasteiger partial charge in [0.05, 0.1) is 0 Å². The van der Waals surface area contributed by atoms with E-state index in [1.165, 1.54) is 250 Å². The number of carbonyl (C=O) groups excluding carboxylic acids is 3. The van der Waals surface area contributed by atoms with Gasteiger partial charge in [0, 0.05) is 19.3 Å². The summed E-state index contributed by atoms with van der Waals surface area (Å²) >= 11 is 0. The molecule has 6 heteroatoms. The van der Waals surface area contributed by atoms with Gasteiger partial charge in [0.15, 0.2) is 6.10 Å². The Labute approximate surface area is 443 Å². The lowest BCUT2D eigenvalue weighted by atomic mass is 10.0. The van der Waals surface area contributed by atoms with Gasteiger partial charge < -0.3 is 14.2 Å². The van der Waals surface area contributed by atoms with Gasteiger partial charge in [0.1, 0.15) is 13.2 Å². The summed E-state index contributed by atoms with van der Waals surface area (Å²) in [6, 6.07) is 0. The van der Waals surface area contributed by atoms with Gasteiger partial charge in [-0.25, -0.2) is 0 Å². The van der Waals surface area contributed by atoms with Crippen LogP contribution in [-0.4, -0.2) is 37.2 Å². The minimum Gasteiger partial charge on any atom is -0.462 e. The van der Waals surface area contributed by atoms with E-state index in [0.717, 1.165) is 64.2 Å². The van der Waals surface area contributed by atoms with Gasteiger partial charge in [-0.1, -0.05) is 295 Å². The minimum atomic E-state index is -0.774. The van der Waals surface area contributed by atoms with Crippen LogP contribution in [0.25, 0.3) is 0 Å². The van der Waals surface area contributed by atoms with Crippen LogP contribution in [0, 0.1) is 0 Å². The standard InChI is InChI=1S/C65H122O6/c1-4-7-10-13-16-19-22-24-26-28-30-31-32-33-34-35-37-38-40-43-46-49-52-55-58-64(67)70-61-62(60-69-63(66)57-54-51-48-45-42-21-18-15-12-9-6-3)71-65(68)59-56-53-50-47-44-41-39-36-29-27-25-23-20-17-14-11-8-5-2/h15,18,27,29,62H,4-14,16-17,19-26,28,30-61H2,1-3H3/b18-15-,29-27-. The summed E-state index contributed by atoms with van der Waals surface area (Å²) in [7, 11) is 0. The van der Waals surface area contributed by atoms with Crippen molar-refractivity contribution in [2.45, 2.75) is 361 Å². The topological polar surface area (TPSA) is 78.9 Å². The Balaban J connectivity index is 4.21. The van der Waals surface area contributed by atoms with E-state index in [-0.39, 0.29) is 31.1 Å². The van der Waals surface area contributed by atoms with Crippen LogP contribution in [0.4, 0.5) is 0 Å². The molecule has 0 rings (SSSR count). The zero-order valence-corrected chi connectivity index (χ0v) is 48.0. The Kier molecular flexibility index (Phi) is 58.6. The quantitative estimate of drug-likeness (QED) is 0.0261. The molecule has 0 saturated heterocycles. The van der Waals surface area contributed by atoms with Crippen LogP contribution in [0.1, 0.15) is 355 Å². The van der Waals surface area contributed by atoms with Crippen molar-refractivity contribution in [3.05, 3.63) is 24.3 Å². The second kappa shape index (κ2) is 60.4. The maximum absolute atomic E-state index is 12.9. The van der Waals surface area contributed by atoms with Crippen molar-refractivity contribution < 1.29 is 28.6 Å². The first kappa shape index (κ1) is 68.9. The fourth-order valence-corrected chi connectivity index (χ4v) is 9.60. The highest BCUT2D eigenvalue weighted by Gasteiger charge is 2.19. The lowest BCUT2D eigenvalue weighted by molar-refractivity contribution is -0.167. The van der Waals surface area contributed by atoms with E-state index in [1.807, 2.05) is 0 Å². The lowest BCUT2D eigenvalue weighted by Gasteiger charge is -2.18. The van der Waals surface area contributed by atoms with Gasteiger partial charge in [-0.15, -0.1) is 0 Å². The second-order valence-electron chi connectivity index (χ2n) is 21.7. The molecule has 0 saturated carbocycles. The zero-order valence-electron chi connectivity index (χ0n) is 48.0. The summed E-state index contributed by atoms with van der Waals surface area (Å²) in [5.41, 5.74) is 0. The SMILES string of the molecule is CCCC/C=C\CCCCCCCC(=O)OCC(COC(=O)CCCCCCCCCCCCCCCCCCCCCCCCCC)OC(=O)CCCCCCCCC/C=C\CCCCCCCCC. The summed E-state index contributed by atoms with van der Waals surface area (Å²) < 4.78 is 16.9. The van der Waals surface area contributed by atoms with Crippen LogP contribution in [0.5, 0.6) is 0 Å². The summed E-state index contributed by atoms with van der Waals surface area (Å²) in [5, 5.41) is 0. The molecule has 0 heterocycles. The van der Waals surface area contributed by atoms with Gasteiger partial charge in [-0.05, 0) is 64.2 Å².